The molecule has 7 nitrogen and oxygen atoms in total. The van der Waals surface area contributed by atoms with Gasteiger partial charge in [0.1, 0.15) is 5.75 Å². The highest BCUT2D eigenvalue weighted by atomic mass is 32.1. The van der Waals surface area contributed by atoms with Crippen molar-refractivity contribution in [2.45, 2.75) is 32.4 Å². The molecule has 132 valence electrons. The molecule has 1 fully saturated rings. The van der Waals surface area contributed by atoms with Crippen LogP contribution < -0.4 is 4.74 Å². The van der Waals surface area contributed by atoms with Crippen LogP contribution in [0, 0.1) is 6.92 Å². The van der Waals surface area contributed by atoms with Crippen LogP contribution in [0.25, 0.3) is 0 Å². The monoisotopic (exact) mass is 361 g/mol. The third-order valence-electron chi connectivity index (χ3n) is 4.30. The van der Waals surface area contributed by atoms with Crippen LogP contribution in [-0.2, 0) is 9.53 Å². The van der Waals surface area contributed by atoms with Gasteiger partial charge in [-0.1, -0.05) is 16.6 Å². The molecule has 0 spiro atoms. The summed E-state index contributed by atoms with van der Waals surface area (Å²) in [7, 11) is 1.61. The minimum absolute atomic E-state index is 0.123. The first-order valence-electron chi connectivity index (χ1n) is 7.99. The lowest BCUT2D eigenvalue weighted by atomic mass is 10.0. The summed E-state index contributed by atoms with van der Waals surface area (Å²) < 4.78 is 14.4. The fraction of sp³-hybridized carbons (Fsp3) is 0.412. The molecule has 2 unspecified atom stereocenters. The minimum Gasteiger partial charge on any atom is -0.497 e. The Morgan fingerprint density at radius 2 is 2.08 bits per heavy atom. The van der Waals surface area contributed by atoms with Gasteiger partial charge in [-0.15, -0.1) is 5.10 Å². The average molecular weight is 361 g/mol. The fourth-order valence-electron chi connectivity index (χ4n) is 2.99. The molecule has 1 saturated heterocycles. The second-order valence-electron chi connectivity index (χ2n) is 5.73. The van der Waals surface area contributed by atoms with Crippen LogP contribution in [0.3, 0.4) is 0 Å². The molecule has 2 atom stereocenters. The van der Waals surface area contributed by atoms with Crippen LogP contribution in [0.1, 0.15) is 40.3 Å². The van der Waals surface area contributed by atoms with E-state index in [4.69, 9.17) is 9.47 Å². The van der Waals surface area contributed by atoms with Crippen LogP contribution in [-0.4, -0.2) is 46.1 Å². The van der Waals surface area contributed by atoms with Crippen LogP contribution in [0.2, 0.25) is 0 Å². The van der Waals surface area contributed by atoms with Gasteiger partial charge in [-0.25, -0.2) is 4.79 Å². The maximum atomic E-state index is 12.6. The number of hydrogen-bond acceptors (Lipinski definition) is 7. The van der Waals surface area contributed by atoms with Crippen molar-refractivity contribution in [2.24, 2.45) is 0 Å². The zero-order valence-electron chi connectivity index (χ0n) is 14.3. The number of esters is 1. The van der Waals surface area contributed by atoms with Gasteiger partial charge in [0, 0.05) is 13.0 Å². The number of aromatic nitrogens is 2. The summed E-state index contributed by atoms with van der Waals surface area (Å²) in [4.78, 5) is 27.0. The number of likely N-dealkylation sites (N-methyl/N-ethyl adjacent to an activating group) is 1. The van der Waals surface area contributed by atoms with Gasteiger partial charge in [-0.2, -0.15) is 0 Å². The van der Waals surface area contributed by atoms with E-state index in [0.717, 1.165) is 22.8 Å². The number of carbonyl (C=O) groups is 2. The minimum atomic E-state index is -0.791. The summed E-state index contributed by atoms with van der Waals surface area (Å²) in [5.74, 6) is 0.0383. The first-order valence-corrected chi connectivity index (χ1v) is 8.76. The van der Waals surface area contributed by atoms with Gasteiger partial charge < -0.3 is 14.4 Å². The Kier molecular flexibility index (Phi) is 4.98. The number of methoxy groups -OCH3 is 1. The summed E-state index contributed by atoms with van der Waals surface area (Å²) in [5, 5.41) is 3.80. The summed E-state index contributed by atoms with van der Waals surface area (Å²) in [6, 6.07) is 7.46. The first-order chi connectivity index (χ1) is 12.0. The standard InChI is InChI=1S/C17H19N3O4S/c1-4-20-13(11-5-7-12(23-3)8-6-11)9-14(16(20)21)24-17(22)15-10(2)18-19-25-15/h5-8,13-14H,4,9H2,1-3H3. The lowest BCUT2D eigenvalue weighted by molar-refractivity contribution is -0.135. The molecule has 2 aromatic rings. The molecule has 2 heterocycles. The van der Waals surface area contributed by atoms with E-state index in [1.165, 1.54) is 0 Å². The number of benzene rings is 1. The van der Waals surface area contributed by atoms with Crippen LogP contribution in [0.5, 0.6) is 5.75 Å². The number of aryl methyl sites for hydroxylation is 1. The molecule has 0 aliphatic carbocycles. The van der Waals surface area contributed by atoms with Crippen molar-refractivity contribution in [3.63, 3.8) is 0 Å². The van der Waals surface area contributed by atoms with E-state index in [-0.39, 0.29) is 11.9 Å². The topological polar surface area (TPSA) is 81.6 Å². The van der Waals surface area contributed by atoms with Crippen molar-refractivity contribution in [1.82, 2.24) is 14.5 Å². The molecule has 1 amide bonds. The normalized spacial score (nSPS) is 20.0. The average Bonchev–Trinajstić information content (AvgIpc) is 3.18. The molecular formula is C17H19N3O4S. The summed E-state index contributed by atoms with van der Waals surface area (Å²) in [6.07, 6.45) is -0.364. The third kappa shape index (κ3) is 3.34. The van der Waals surface area contributed by atoms with Crippen LogP contribution >= 0.6 is 11.5 Å². The predicted octanol–water partition coefficient (Wildman–Crippen LogP) is 2.37. The largest absolute Gasteiger partial charge is 0.497 e. The molecule has 3 rings (SSSR count). The van der Waals surface area contributed by atoms with Crippen molar-refractivity contribution in [3.05, 3.63) is 40.4 Å². The van der Waals surface area contributed by atoms with Crippen LogP contribution in [0.15, 0.2) is 24.3 Å². The molecule has 0 radical (unpaired) electrons. The highest BCUT2D eigenvalue weighted by molar-refractivity contribution is 7.07. The molecule has 25 heavy (non-hydrogen) atoms. The van der Waals surface area contributed by atoms with Crippen molar-refractivity contribution < 1.29 is 19.1 Å². The summed E-state index contributed by atoms with van der Waals surface area (Å²) in [5.41, 5.74) is 1.50. The van der Waals surface area contributed by atoms with Crippen molar-refractivity contribution in [1.29, 1.82) is 0 Å². The second-order valence-corrected chi connectivity index (χ2v) is 6.48. The van der Waals surface area contributed by atoms with Gasteiger partial charge in [-0.3, -0.25) is 4.79 Å². The lowest BCUT2D eigenvalue weighted by Gasteiger charge is -2.23. The second kappa shape index (κ2) is 7.18. The van der Waals surface area contributed by atoms with Crippen LogP contribution in [0.4, 0.5) is 0 Å². The maximum Gasteiger partial charge on any atom is 0.352 e. The van der Waals surface area contributed by atoms with Gasteiger partial charge >= 0.3 is 5.97 Å². The number of hydrogen-bond donors (Lipinski definition) is 0. The van der Waals surface area contributed by atoms with Crippen molar-refractivity contribution in [3.8, 4) is 5.75 Å². The summed E-state index contributed by atoms with van der Waals surface area (Å²) >= 11 is 0.976. The van der Waals surface area contributed by atoms with Gasteiger partial charge in [0.25, 0.3) is 5.91 Å². The molecule has 1 aromatic heterocycles. The molecule has 1 aromatic carbocycles. The molecule has 1 aliphatic heterocycles. The Labute approximate surface area is 149 Å². The van der Waals surface area contributed by atoms with E-state index in [2.05, 4.69) is 9.59 Å². The van der Waals surface area contributed by atoms with Gasteiger partial charge in [0.05, 0.1) is 18.8 Å². The van der Waals surface area contributed by atoms with E-state index < -0.39 is 12.1 Å². The number of likely N-dealkylation sites (tertiary alicyclic amines) is 1. The highest BCUT2D eigenvalue weighted by Gasteiger charge is 2.42. The van der Waals surface area contributed by atoms with E-state index in [1.807, 2.05) is 31.2 Å². The molecule has 0 saturated carbocycles. The van der Waals surface area contributed by atoms with Gasteiger partial charge in [-0.05, 0) is 43.1 Å². The smallest absolute Gasteiger partial charge is 0.352 e. The fourth-order valence-corrected chi connectivity index (χ4v) is 3.53. The number of ether oxygens (including phenoxy) is 2. The Balaban J connectivity index is 1.77. The van der Waals surface area contributed by atoms with Crippen molar-refractivity contribution >= 4 is 23.4 Å². The molecule has 0 bridgehead atoms. The Morgan fingerprint density at radius 1 is 1.36 bits per heavy atom. The zero-order chi connectivity index (χ0) is 18.0. The first kappa shape index (κ1) is 17.3. The molecule has 0 N–H and O–H groups in total. The van der Waals surface area contributed by atoms with E-state index in [0.29, 0.717) is 23.5 Å². The molecule has 1 aliphatic rings. The molecule has 8 heteroatoms. The lowest BCUT2D eigenvalue weighted by Crippen LogP contribution is -2.32. The van der Waals surface area contributed by atoms with E-state index >= 15 is 0 Å². The highest BCUT2D eigenvalue weighted by Crippen LogP contribution is 2.35. The number of nitrogens with zero attached hydrogens (tertiary/aromatic N) is 3. The number of rotatable bonds is 5. The Bertz CT molecular complexity index is 774. The Hall–Kier alpha value is -2.48. The quantitative estimate of drug-likeness (QED) is 0.761. The zero-order valence-corrected chi connectivity index (χ0v) is 15.1. The van der Waals surface area contributed by atoms with Gasteiger partial charge in [0.15, 0.2) is 11.0 Å². The van der Waals surface area contributed by atoms with Crippen molar-refractivity contribution in [2.75, 3.05) is 13.7 Å². The predicted molar refractivity (Wildman–Crippen MR) is 91.6 cm³/mol. The third-order valence-corrected chi connectivity index (χ3v) is 5.11. The van der Waals surface area contributed by atoms with Gasteiger partial charge in [0.2, 0.25) is 0 Å². The number of carbonyl (C=O) groups excluding carboxylic acids is 2. The Morgan fingerprint density at radius 3 is 2.64 bits per heavy atom. The van der Waals surface area contributed by atoms with E-state index in [9.17, 15) is 9.59 Å². The molecular weight excluding hydrogens is 342 g/mol. The summed E-state index contributed by atoms with van der Waals surface area (Å²) in [6.45, 7) is 4.15. The SMILES string of the molecule is CCN1C(=O)C(OC(=O)c2snnc2C)CC1c1ccc(OC)cc1. The van der Waals surface area contributed by atoms with E-state index in [1.54, 1.807) is 18.9 Å². The number of amides is 1. The maximum absolute atomic E-state index is 12.6.